The number of hydrogen-bond donors (Lipinski definition) is 1. The minimum absolute atomic E-state index is 0.0234. The van der Waals surface area contributed by atoms with Crippen molar-refractivity contribution in [3.05, 3.63) is 94.0 Å². The minimum atomic E-state index is -0.380. The zero-order valence-electron chi connectivity index (χ0n) is 20.2. The molecule has 2 aromatic heterocycles. The number of hydrogen-bond acceptors (Lipinski definition) is 5. The molecule has 7 heteroatoms. The number of amides is 1. The molecule has 0 spiro atoms. The van der Waals surface area contributed by atoms with E-state index in [-0.39, 0.29) is 23.3 Å². The molecule has 3 heterocycles. The predicted molar refractivity (Wildman–Crippen MR) is 138 cm³/mol. The lowest BCUT2D eigenvalue weighted by atomic mass is 9.85. The summed E-state index contributed by atoms with van der Waals surface area (Å²) in [6.07, 6.45) is 0. The van der Waals surface area contributed by atoms with Crippen LogP contribution < -0.4 is 4.90 Å². The number of carbonyl (C=O) groups is 2. The summed E-state index contributed by atoms with van der Waals surface area (Å²) in [6, 6.07) is 19.1. The van der Waals surface area contributed by atoms with E-state index in [0.717, 1.165) is 21.7 Å². The number of fused-ring (bicyclic) bond motifs is 1. The molecule has 1 aliphatic heterocycles. The number of H-pyrrole nitrogens is 1. The molecule has 0 saturated heterocycles. The molecule has 1 atom stereocenters. The van der Waals surface area contributed by atoms with Crippen molar-refractivity contribution in [2.45, 2.75) is 39.2 Å². The zero-order chi connectivity index (χ0) is 24.7. The molecule has 35 heavy (non-hydrogen) atoms. The fourth-order valence-corrected chi connectivity index (χ4v) is 5.20. The second-order valence-corrected chi connectivity index (χ2v) is 10.5. The van der Waals surface area contributed by atoms with E-state index in [0.29, 0.717) is 23.6 Å². The molecule has 0 radical (unpaired) electrons. The van der Waals surface area contributed by atoms with Gasteiger partial charge in [0, 0.05) is 11.3 Å². The molecule has 0 aliphatic carbocycles. The standard InChI is InChI=1S/C28H27N3O3S/c1-5-34-27(33)18-10-14-20(15-11-18)31-25(17-8-12-19(13-9-17)28(2,3)4)22-23(21-7-6-16-35-21)29-30-24(22)26(31)32/h6-16,25H,5H2,1-4H3,(H,29,30). The topological polar surface area (TPSA) is 75.3 Å². The predicted octanol–water partition coefficient (Wildman–Crippen LogP) is 6.36. The first-order valence-electron chi connectivity index (χ1n) is 11.6. The van der Waals surface area contributed by atoms with Crippen LogP contribution in [0, 0.1) is 0 Å². The van der Waals surface area contributed by atoms with E-state index in [1.165, 1.54) is 5.56 Å². The number of esters is 1. The van der Waals surface area contributed by atoms with Gasteiger partial charge in [-0.15, -0.1) is 11.3 Å². The number of aromatic amines is 1. The van der Waals surface area contributed by atoms with Gasteiger partial charge in [-0.25, -0.2) is 4.79 Å². The molecule has 2 aromatic carbocycles. The lowest BCUT2D eigenvalue weighted by molar-refractivity contribution is 0.0526. The Kier molecular flexibility index (Phi) is 5.81. The lowest BCUT2D eigenvalue weighted by Gasteiger charge is -2.27. The number of benzene rings is 2. The Morgan fingerprint density at radius 2 is 1.80 bits per heavy atom. The maximum absolute atomic E-state index is 13.7. The highest BCUT2D eigenvalue weighted by molar-refractivity contribution is 7.13. The Morgan fingerprint density at radius 3 is 2.40 bits per heavy atom. The maximum atomic E-state index is 13.7. The van der Waals surface area contributed by atoms with Crippen molar-refractivity contribution in [2.75, 3.05) is 11.5 Å². The Hall–Kier alpha value is -3.71. The van der Waals surface area contributed by atoms with Crippen LogP contribution in [-0.2, 0) is 10.2 Å². The van der Waals surface area contributed by atoms with Gasteiger partial charge in [0.2, 0.25) is 0 Å². The number of rotatable bonds is 5. The van der Waals surface area contributed by atoms with Gasteiger partial charge in [0.05, 0.1) is 28.8 Å². The number of anilines is 1. The van der Waals surface area contributed by atoms with Gasteiger partial charge in [-0.1, -0.05) is 51.1 Å². The molecule has 1 aliphatic rings. The van der Waals surface area contributed by atoms with Crippen LogP contribution in [0.25, 0.3) is 10.6 Å². The zero-order valence-corrected chi connectivity index (χ0v) is 21.0. The molecule has 0 saturated carbocycles. The van der Waals surface area contributed by atoms with E-state index in [2.05, 4.69) is 55.2 Å². The molecule has 4 aromatic rings. The van der Waals surface area contributed by atoms with Gasteiger partial charge < -0.3 is 4.74 Å². The SMILES string of the molecule is CCOC(=O)c1ccc(N2C(=O)c3n[nH]c(-c4cccs4)c3C2c2ccc(C(C)(C)C)cc2)cc1. The highest BCUT2D eigenvalue weighted by Crippen LogP contribution is 2.46. The molecule has 178 valence electrons. The van der Waals surface area contributed by atoms with Gasteiger partial charge in [-0.2, -0.15) is 5.10 Å². The van der Waals surface area contributed by atoms with E-state index in [1.54, 1.807) is 47.4 Å². The number of carbonyl (C=O) groups excluding carboxylic acids is 2. The summed E-state index contributed by atoms with van der Waals surface area (Å²) >= 11 is 1.61. The van der Waals surface area contributed by atoms with Crippen molar-refractivity contribution in [3.8, 4) is 10.6 Å². The Balaban J connectivity index is 1.62. The summed E-state index contributed by atoms with van der Waals surface area (Å²) in [7, 11) is 0. The molecule has 1 N–H and O–H groups in total. The van der Waals surface area contributed by atoms with Gasteiger partial charge in [0.25, 0.3) is 5.91 Å². The number of nitrogens with one attached hydrogen (secondary N) is 1. The van der Waals surface area contributed by atoms with E-state index in [4.69, 9.17) is 4.74 Å². The molecule has 0 bridgehead atoms. The summed E-state index contributed by atoms with van der Waals surface area (Å²) < 4.78 is 5.11. The third-order valence-electron chi connectivity index (χ3n) is 6.27. The summed E-state index contributed by atoms with van der Waals surface area (Å²) in [4.78, 5) is 28.6. The van der Waals surface area contributed by atoms with E-state index in [1.807, 2.05) is 17.5 Å². The fourth-order valence-electron chi connectivity index (χ4n) is 4.47. The van der Waals surface area contributed by atoms with Crippen LogP contribution in [0.15, 0.2) is 66.0 Å². The molecule has 0 fully saturated rings. The number of nitrogens with zero attached hydrogens (tertiary/aromatic N) is 2. The Bertz CT molecular complexity index is 1360. The van der Waals surface area contributed by atoms with E-state index < -0.39 is 0 Å². The van der Waals surface area contributed by atoms with Crippen LogP contribution in [-0.4, -0.2) is 28.7 Å². The second kappa shape index (κ2) is 8.82. The van der Waals surface area contributed by atoms with Crippen LogP contribution >= 0.6 is 11.3 Å². The van der Waals surface area contributed by atoms with Crippen molar-refractivity contribution in [2.24, 2.45) is 0 Å². The summed E-state index contributed by atoms with van der Waals surface area (Å²) in [5, 5.41) is 9.55. The van der Waals surface area contributed by atoms with Gasteiger partial charge in [0.15, 0.2) is 5.69 Å². The van der Waals surface area contributed by atoms with Crippen molar-refractivity contribution < 1.29 is 14.3 Å². The smallest absolute Gasteiger partial charge is 0.338 e. The number of aromatic nitrogens is 2. The van der Waals surface area contributed by atoms with Crippen molar-refractivity contribution in [1.82, 2.24) is 10.2 Å². The van der Waals surface area contributed by atoms with Crippen LogP contribution in [0.1, 0.15) is 71.3 Å². The van der Waals surface area contributed by atoms with E-state index in [9.17, 15) is 9.59 Å². The van der Waals surface area contributed by atoms with Crippen LogP contribution in [0.3, 0.4) is 0 Å². The first-order valence-corrected chi connectivity index (χ1v) is 12.5. The average Bonchev–Trinajstić information content (AvgIpc) is 3.57. The normalized spacial score (nSPS) is 15.4. The quantitative estimate of drug-likeness (QED) is 0.334. The van der Waals surface area contributed by atoms with Crippen LogP contribution in [0.2, 0.25) is 0 Å². The van der Waals surface area contributed by atoms with Gasteiger partial charge in [-0.05, 0) is 59.2 Å². The Morgan fingerprint density at radius 1 is 1.09 bits per heavy atom. The first-order chi connectivity index (χ1) is 16.8. The molecule has 5 rings (SSSR count). The maximum Gasteiger partial charge on any atom is 0.338 e. The molecule has 1 amide bonds. The third-order valence-corrected chi connectivity index (χ3v) is 7.16. The first kappa shape index (κ1) is 23.1. The highest BCUT2D eigenvalue weighted by atomic mass is 32.1. The van der Waals surface area contributed by atoms with Crippen molar-refractivity contribution in [1.29, 1.82) is 0 Å². The van der Waals surface area contributed by atoms with Crippen LogP contribution in [0.4, 0.5) is 5.69 Å². The minimum Gasteiger partial charge on any atom is -0.462 e. The average molecular weight is 486 g/mol. The summed E-state index contributed by atoms with van der Waals surface area (Å²) in [6.45, 7) is 8.63. The molecular weight excluding hydrogens is 458 g/mol. The van der Waals surface area contributed by atoms with Gasteiger partial charge >= 0.3 is 5.97 Å². The molecular formula is C28H27N3O3S. The van der Waals surface area contributed by atoms with Gasteiger partial charge in [0.1, 0.15) is 0 Å². The van der Waals surface area contributed by atoms with Crippen molar-refractivity contribution in [3.63, 3.8) is 0 Å². The third kappa shape index (κ3) is 4.06. The fraction of sp³-hybridized carbons (Fsp3) is 0.250. The summed E-state index contributed by atoms with van der Waals surface area (Å²) in [5.74, 6) is -0.554. The second-order valence-electron chi connectivity index (χ2n) is 9.56. The molecule has 6 nitrogen and oxygen atoms in total. The highest BCUT2D eigenvalue weighted by Gasteiger charge is 2.43. The lowest BCUT2D eigenvalue weighted by Crippen LogP contribution is -2.29. The van der Waals surface area contributed by atoms with Gasteiger partial charge in [-0.3, -0.25) is 14.8 Å². The summed E-state index contributed by atoms with van der Waals surface area (Å²) in [5.41, 5.74) is 5.55. The van der Waals surface area contributed by atoms with Crippen LogP contribution in [0.5, 0.6) is 0 Å². The van der Waals surface area contributed by atoms with E-state index >= 15 is 0 Å². The largest absolute Gasteiger partial charge is 0.462 e. The monoisotopic (exact) mass is 485 g/mol. The number of ether oxygens (including phenoxy) is 1. The molecule has 1 unspecified atom stereocenters. The number of thiophene rings is 1. The Labute approximate surface area is 208 Å². The van der Waals surface area contributed by atoms with Crippen molar-refractivity contribution >= 4 is 28.9 Å².